The molecule has 24 heavy (non-hydrogen) atoms. The van der Waals surface area contributed by atoms with Crippen LogP contribution in [-0.4, -0.2) is 37.2 Å². The Hall–Kier alpha value is -3.03. The molecule has 1 aromatic rings. The Balaban J connectivity index is 2.05. The Morgan fingerprint density at radius 3 is 2.83 bits per heavy atom. The van der Waals surface area contributed by atoms with Crippen LogP contribution in [0.25, 0.3) is 6.08 Å². The predicted molar refractivity (Wildman–Crippen MR) is 83.5 cm³/mol. The minimum atomic E-state index is -0.637. The van der Waals surface area contributed by atoms with Crippen LogP contribution in [0.15, 0.2) is 40.2 Å². The number of esters is 2. The lowest BCUT2D eigenvalue weighted by Gasteiger charge is -2.26. The molecule has 128 valence electrons. The van der Waals surface area contributed by atoms with Crippen LogP contribution in [-0.2, 0) is 19.1 Å². The van der Waals surface area contributed by atoms with E-state index in [9.17, 15) is 14.4 Å². The van der Waals surface area contributed by atoms with Gasteiger partial charge in [-0.2, -0.15) is 0 Å². The van der Waals surface area contributed by atoms with Crippen molar-refractivity contribution in [3.63, 3.8) is 0 Å². The van der Waals surface area contributed by atoms with E-state index in [1.54, 1.807) is 26.0 Å². The summed E-state index contributed by atoms with van der Waals surface area (Å²) in [5, 5.41) is 5.02. The third-order valence-electron chi connectivity index (χ3n) is 3.15. The van der Waals surface area contributed by atoms with Crippen LogP contribution < -0.4 is 10.6 Å². The zero-order chi connectivity index (χ0) is 17.5. The molecule has 0 radical (unpaired) electrons. The molecular weight excluding hydrogens is 316 g/mol. The van der Waals surface area contributed by atoms with Gasteiger partial charge in [0.15, 0.2) is 0 Å². The molecule has 1 unspecified atom stereocenters. The van der Waals surface area contributed by atoms with Gasteiger partial charge in [0.1, 0.15) is 12.4 Å². The van der Waals surface area contributed by atoms with Crippen molar-refractivity contribution in [2.24, 2.45) is 0 Å². The standard InChI is InChI=1S/C16H18N2O6/c1-3-22-15(20)14-10(2)17-16(21)18-12(14)9-24-13(19)7-6-11-5-4-8-23-11/h4-8,10H,3,9H2,1-2H3,(H2,17,18,21). The maximum absolute atomic E-state index is 12.0. The van der Waals surface area contributed by atoms with Crippen molar-refractivity contribution in [1.82, 2.24) is 10.6 Å². The van der Waals surface area contributed by atoms with E-state index in [1.165, 1.54) is 18.4 Å². The van der Waals surface area contributed by atoms with Crippen LogP contribution in [0, 0.1) is 0 Å². The smallest absolute Gasteiger partial charge is 0.338 e. The number of amides is 2. The molecule has 1 atom stereocenters. The largest absolute Gasteiger partial charge is 0.465 e. The van der Waals surface area contributed by atoms with E-state index in [4.69, 9.17) is 13.9 Å². The lowest BCUT2D eigenvalue weighted by Crippen LogP contribution is -2.50. The third kappa shape index (κ3) is 4.48. The van der Waals surface area contributed by atoms with Gasteiger partial charge in [-0.3, -0.25) is 0 Å². The van der Waals surface area contributed by atoms with Gasteiger partial charge in [-0.05, 0) is 32.1 Å². The number of urea groups is 1. The summed E-state index contributed by atoms with van der Waals surface area (Å²) >= 11 is 0. The lowest BCUT2D eigenvalue weighted by atomic mass is 10.0. The molecule has 0 fully saturated rings. The number of carbonyl (C=O) groups excluding carboxylic acids is 3. The number of rotatable bonds is 6. The molecule has 2 amide bonds. The highest BCUT2D eigenvalue weighted by Gasteiger charge is 2.30. The molecule has 1 aromatic heterocycles. The average Bonchev–Trinajstić information content (AvgIpc) is 3.03. The summed E-state index contributed by atoms with van der Waals surface area (Å²) < 4.78 is 15.1. The SMILES string of the molecule is CCOC(=O)C1=C(COC(=O)C=Cc2ccco2)NC(=O)NC1C. The molecular formula is C16H18N2O6. The number of nitrogens with one attached hydrogen (secondary N) is 2. The van der Waals surface area contributed by atoms with Crippen LogP contribution in [0.4, 0.5) is 4.79 Å². The number of hydrogen-bond acceptors (Lipinski definition) is 6. The maximum atomic E-state index is 12.0. The topological polar surface area (TPSA) is 107 Å². The van der Waals surface area contributed by atoms with Crippen LogP contribution in [0.1, 0.15) is 19.6 Å². The summed E-state index contributed by atoms with van der Waals surface area (Å²) in [4.78, 5) is 35.3. The fourth-order valence-electron chi connectivity index (χ4n) is 2.12. The summed E-state index contributed by atoms with van der Waals surface area (Å²) in [6, 6.07) is 2.34. The van der Waals surface area contributed by atoms with Crippen molar-refractivity contribution in [1.29, 1.82) is 0 Å². The number of furan rings is 1. The summed E-state index contributed by atoms with van der Waals surface area (Å²) in [7, 11) is 0. The fourth-order valence-corrected chi connectivity index (χ4v) is 2.12. The molecule has 8 heteroatoms. The molecule has 1 aliphatic heterocycles. The first-order valence-electron chi connectivity index (χ1n) is 7.37. The highest BCUT2D eigenvalue weighted by molar-refractivity contribution is 5.95. The predicted octanol–water partition coefficient (Wildman–Crippen LogP) is 1.35. The zero-order valence-electron chi connectivity index (χ0n) is 13.3. The normalized spacial score (nSPS) is 17.4. The second-order valence-electron chi connectivity index (χ2n) is 4.89. The summed E-state index contributed by atoms with van der Waals surface area (Å²) in [6.07, 6.45) is 4.12. The number of ether oxygens (including phenoxy) is 2. The van der Waals surface area contributed by atoms with Crippen LogP contribution in [0.2, 0.25) is 0 Å². The van der Waals surface area contributed by atoms with Crippen molar-refractivity contribution in [2.45, 2.75) is 19.9 Å². The van der Waals surface area contributed by atoms with Crippen molar-refractivity contribution in [2.75, 3.05) is 13.2 Å². The molecule has 0 bridgehead atoms. The highest BCUT2D eigenvalue weighted by atomic mass is 16.5. The summed E-state index contributed by atoms with van der Waals surface area (Å²) in [6.45, 7) is 3.26. The van der Waals surface area contributed by atoms with Gasteiger partial charge in [0.2, 0.25) is 0 Å². The van der Waals surface area contributed by atoms with E-state index >= 15 is 0 Å². The minimum Gasteiger partial charge on any atom is -0.465 e. The van der Waals surface area contributed by atoms with Gasteiger partial charge in [0.05, 0.1) is 30.2 Å². The molecule has 0 aromatic carbocycles. The second-order valence-corrected chi connectivity index (χ2v) is 4.89. The molecule has 0 saturated carbocycles. The van der Waals surface area contributed by atoms with E-state index in [0.29, 0.717) is 5.76 Å². The van der Waals surface area contributed by atoms with Gasteiger partial charge in [0, 0.05) is 6.08 Å². The molecule has 0 saturated heterocycles. The molecule has 0 aliphatic carbocycles. The summed E-state index contributed by atoms with van der Waals surface area (Å²) in [5.41, 5.74) is 0.420. The van der Waals surface area contributed by atoms with E-state index in [0.717, 1.165) is 0 Å². The van der Waals surface area contributed by atoms with Gasteiger partial charge in [-0.25, -0.2) is 14.4 Å². The van der Waals surface area contributed by atoms with E-state index < -0.39 is 24.0 Å². The van der Waals surface area contributed by atoms with Gasteiger partial charge in [-0.15, -0.1) is 0 Å². The number of carbonyl (C=O) groups is 3. The van der Waals surface area contributed by atoms with Crippen LogP contribution in [0.5, 0.6) is 0 Å². The molecule has 2 N–H and O–H groups in total. The Labute approximate surface area is 138 Å². The molecule has 1 aliphatic rings. The first-order chi connectivity index (χ1) is 11.5. The van der Waals surface area contributed by atoms with Crippen LogP contribution >= 0.6 is 0 Å². The van der Waals surface area contributed by atoms with E-state index in [2.05, 4.69) is 10.6 Å². The first-order valence-corrected chi connectivity index (χ1v) is 7.37. The first kappa shape index (κ1) is 17.3. The average molecular weight is 334 g/mol. The monoisotopic (exact) mass is 334 g/mol. The van der Waals surface area contributed by atoms with Gasteiger partial charge in [-0.1, -0.05) is 0 Å². The van der Waals surface area contributed by atoms with Crippen molar-refractivity contribution < 1.29 is 28.3 Å². The second kappa shape index (κ2) is 8.00. The quantitative estimate of drug-likeness (QED) is 0.601. The maximum Gasteiger partial charge on any atom is 0.338 e. The van der Waals surface area contributed by atoms with Crippen molar-refractivity contribution >= 4 is 24.0 Å². The Morgan fingerprint density at radius 1 is 1.38 bits per heavy atom. The van der Waals surface area contributed by atoms with Crippen molar-refractivity contribution in [3.8, 4) is 0 Å². The zero-order valence-corrected chi connectivity index (χ0v) is 13.3. The van der Waals surface area contributed by atoms with Gasteiger partial charge < -0.3 is 24.5 Å². The minimum absolute atomic E-state index is 0.196. The Kier molecular flexibility index (Phi) is 5.78. The molecule has 0 spiro atoms. The lowest BCUT2D eigenvalue weighted by molar-refractivity contribution is -0.140. The van der Waals surface area contributed by atoms with E-state index in [1.807, 2.05) is 0 Å². The number of hydrogen-bond donors (Lipinski definition) is 2. The molecule has 2 heterocycles. The summed E-state index contributed by atoms with van der Waals surface area (Å²) in [5.74, 6) is -0.709. The molecule has 8 nitrogen and oxygen atoms in total. The highest BCUT2D eigenvalue weighted by Crippen LogP contribution is 2.14. The fraction of sp³-hybridized carbons (Fsp3) is 0.312. The van der Waals surface area contributed by atoms with Crippen LogP contribution in [0.3, 0.4) is 0 Å². The van der Waals surface area contributed by atoms with Crippen molar-refractivity contribution in [3.05, 3.63) is 41.5 Å². The Bertz CT molecular complexity index is 675. The van der Waals surface area contributed by atoms with E-state index in [-0.39, 0.29) is 24.5 Å². The third-order valence-corrected chi connectivity index (χ3v) is 3.15. The Morgan fingerprint density at radius 2 is 2.17 bits per heavy atom. The van der Waals surface area contributed by atoms with Gasteiger partial charge in [0.25, 0.3) is 0 Å². The van der Waals surface area contributed by atoms with Gasteiger partial charge >= 0.3 is 18.0 Å². The molecule has 2 rings (SSSR count).